The van der Waals surface area contributed by atoms with Gasteiger partial charge in [-0.05, 0) is 45.1 Å². The third kappa shape index (κ3) is 9.31. The fraction of sp³-hybridized carbons (Fsp3) is 0.700. The number of carbonyl (C=O) groups is 6. The lowest BCUT2D eigenvalue weighted by Gasteiger charge is -2.29. The molecular weight excluding hydrogens is 450 g/mol. The van der Waals surface area contributed by atoms with Gasteiger partial charge in [-0.3, -0.25) is 24.0 Å². The monoisotopic (exact) mass is 485 g/mol. The first-order chi connectivity index (χ1) is 16.0. The summed E-state index contributed by atoms with van der Waals surface area (Å²) in [6, 6.07) is -4.68. The molecule has 1 aliphatic heterocycles. The van der Waals surface area contributed by atoms with E-state index in [1.165, 1.54) is 4.90 Å². The fourth-order valence-electron chi connectivity index (χ4n) is 3.63. The average Bonchev–Trinajstić information content (AvgIpc) is 3.25. The molecule has 0 radical (unpaired) electrons. The van der Waals surface area contributed by atoms with E-state index in [1.54, 1.807) is 0 Å². The molecule has 1 saturated heterocycles. The maximum absolute atomic E-state index is 13.1. The summed E-state index contributed by atoms with van der Waals surface area (Å²) in [6.07, 6.45) is 1.24. The number of amides is 5. The van der Waals surface area contributed by atoms with Crippen LogP contribution in [0.25, 0.3) is 0 Å². The highest BCUT2D eigenvalue weighted by Crippen LogP contribution is 2.20. The summed E-state index contributed by atoms with van der Waals surface area (Å²) in [4.78, 5) is 73.4. The molecule has 4 atom stereocenters. The van der Waals surface area contributed by atoms with Crippen LogP contribution in [0.4, 0.5) is 0 Å². The van der Waals surface area contributed by atoms with Crippen molar-refractivity contribution in [2.24, 2.45) is 22.9 Å². The second-order valence-electron chi connectivity index (χ2n) is 8.22. The molecule has 0 bridgehead atoms. The topological polar surface area (TPSA) is 254 Å². The number of carboxylic acid groups (broad SMARTS) is 1. The fourth-order valence-corrected chi connectivity index (χ4v) is 3.63. The number of likely N-dealkylation sites (tertiary alicyclic amines) is 1. The van der Waals surface area contributed by atoms with Gasteiger partial charge in [0.1, 0.15) is 18.1 Å². The van der Waals surface area contributed by atoms with Gasteiger partial charge in [-0.25, -0.2) is 4.79 Å². The second-order valence-corrected chi connectivity index (χ2v) is 8.22. The van der Waals surface area contributed by atoms with Crippen molar-refractivity contribution in [1.82, 2.24) is 15.5 Å². The minimum absolute atomic E-state index is 0.0716. The van der Waals surface area contributed by atoms with Crippen molar-refractivity contribution in [1.29, 1.82) is 0 Å². The van der Waals surface area contributed by atoms with Crippen LogP contribution in [-0.2, 0) is 28.8 Å². The van der Waals surface area contributed by atoms with Crippen LogP contribution in [-0.4, -0.2) is 82.8 Å². The molecule has 192 valence electrons. The van der Waals surface area contributed by atoms with Crippen LogP contribution in [0.1, 0.15) is 51.4 Å². The Bertz CT molecular complexity index is 776. The molecule has 1 aliphatic rings. The van der Waals surface area contributed by atoms with Gasteiger partial charge in [-0.15, -0.1) is 0 Å². The zero-order valence-electron chi connectivity index (χ0n) is 19.0. The van der Waals surface area contributed by atoms with Gasteiger partial charge in [0, 0.05) is 13.0 Å². The smallest absolute Gasteiger partial charge is 0.326 e. The molecule has 0 aromatic rings. The number of rotatable bonds is 15. The van der Waals surface area contributed by atoms with Crippen LogP contribution in [0.3, 0.4) is 0 Å². The zero-order chi connectivity index (χ0) is 25.8. The highest BCUT2D eigenvalue weighted by molar-refractivity contribution is 5.96. The molecule has 0 aliphatic carbocycles. The van der Waals surface area contributed by atoms with E-state index < -0.39 is 66.1 Å². The molecule has 1 heterocycles. The molecule has 1 rings (SSSR count). The third-order valence-corrected chi connectivity index (χ3v) is 5.46. The summed E-state index contributed by atoms with van der Waals surface area (Å²) in [6.45, 7) is 0.592. The Hall–Kier alpha value is -3.26. The molecule has 1 fully saturated rings. The van der Waals surface area contributed by atoms with Crippen LogP contribution in [0.15, 0.2) is 0 Å². The lowest BCUT2D eigenvalue weighted by Crippen LogP contribution is -2.57. The molecule has 4 unspecified atom stereocenters. The summed E-state index contributed by atoms with van der Waals surface area (Å²) in [7, 11) is 0. The van der Waals surface area contributed by atoms with Crippen molar-refractivity contribution < 1.29 is 33.9 Å². The predicted octanol–water partition coefficient (Wildman–Crippen LogP) is -3.37. The number of primary amides is 2. The molecule has 0 aromatic carbocycles. The number of carboxylic acids is 1. The number of hydrogen-bond acceptors (Lipinski definition) is 8. The quantitative estimate of drug-likeness (QED) is 0.114. The molecule has 5 amide bonds. The van der Waals surface area contributed by atoms with Gasteiger partial charge in [0.05, 0.1) is 12.5 Å². The molecule has 0 spiro atoms. The molecule has 11 N–H and O–H groups in total. The predicted molar refractivity (Wildman–Crippen MR) is 119 cm³/mol. The molecular formula is C20H35N7O7. The average molecular weight is 486 g/mol. The molecule has 14 heteroatoms. The first kappa shape index (κ1) is 28.8. The van der Waals surface area contributed by atoms with Crippen molar-refractivity contribution in [3.63, 3.8) is 0 Å². The van der Waals surface area contributed by atoms with E-state index in [2.05, 4.69) is 10.6 Å². The molecule has 34 heavy (non-hydrogen) atoms. The van der Waals surface area contributed by atoms with Gasteiger partial charge in [0.25, 0.3) is 0 Å². The van der Waals surface area contributed by atoms with Gasteiger partial charge < -0.3 is 43.6 Å². The Morgan fingerprint density at radius 3 is 2.15 bits per heavy atom. The minimum Gasteiger partial charge on any atom is -0.480 e. The van der Waals surface area contributed by atoms with E-state index in [9.17, 15) is 33.9 Å². The highest BCUT2D eigenvalue weighted by atomic mass is 16.4. The second kappa shape index (κ2) is 14.1. The first-order valence-corrected chi connectivity index (χ1v) is 11.1. The first-order valence-electron chi connectivity index (χ1n) is 11.1. The van der Waals surface area contributed by atoms with Crippen LogP contribution in [0.5, 0.6) is 0 Å². The summed E-state index contributed by atoms with van der Waals surface area (Å²) < 4.78 is 0. The summed E-state index contributed by atoms with van der Waals surface area (Å²) in [5.74, 6) is -4.91. The van der Waals surface area contributed by atoms with Crippen molar-refractivity contribution in [2.75, 3.05) is 13.1 Å². The van der Waals surface area contributed by atoms with E-state index in [4.69, 9.17) is 22.9 Å². The number of hydrogen-bond donors (Lipinski definition) is 7. The van der Waals surface area contributed by atoms with Crippen molar-refractivity contribution in [2.45, 2.75) is 75.5 Å². The number of carbonyl (C=O) groups excluding carboxylic acids is 5. The standard InChI is InChI=1S/C20H35N7O7/c21-8-2-1-4-12(19(32)27-9-3-5-14(27)20(33)34)25-18(31)13(10-16(24)29)26-17(30)11(22)6-7-15(23)28/h11-14H,1-10,21-22H2,(H2,23,28)(H2,24,29)(H,25,31)(H,26,30)(H,33,34). The van der Waals surface area contributed by atoms with E-state index in [1.807, 2.05) is 0 Å². The number of nitrogens with two attached hydrogens (primary N) is 4. The van der Waals surface area contributed by atoms with Gasteiger partial charge in [-0.2, -0.15) is 0 Å². The number of aliphatic carboxylic acids is 1. The molecule has 0 aromatic heterocycles. The SMILES string of the molecule is NCCCCC(NC(=O)C(CC(N)=O)NC(=O)C(N)CCC(N)=O)C(=O)N1CCCC1C(=O)O. The maximum atomic E-state index is 13.1. The van der Waals surface area contributed by atoms with E-state index in [-0.39, 0.29) is 25.8 Å². The lowest BCUT2D eigenvalue weighted by atomic mass is 10.1. The van der Waals surface area contributed by atoms with E-state index >= 15 is 0 Å². The minimum atomic E-state index is -1.43. The Kier molecular flexibility index (Phi) is 11.9. The van der Waals surface area contributed by atoms with Crippen LogP contribution in [0.2, 0.25) is 0 Å². The lowest BCUT2D eigenvalue weighted by molar-refractivity contribution is -0.149. The Labute approximate surface area is 197 Å². The highest BCUT2D eigenvalue weighted by Gasteiger charge is 2.38. The number of nitrogens with one attached hydrogen (secondary N) is 2. The van der Waals surface area contributed by atoms with Gasteiger partial charge in [0.15, 0.2) is 0 Å². The summed E-state index contributed by atoms with van der Waals surface area (Å²) in [5, 5.41) is 14.2. The number of nitrogens with zero attached hydrogens (tertiary/aromatic N) is 1. The van der Waals surface area contributed by atoms with Gasteiger partial charge in [0.2, 0.25) is 29.5 Å². The third-order valence-electron chi connectivity index (χ3n) is 5.46. The molecule has 14 nitrogen and oxygen atoms in total. The largest absolute Gasteiger partial charge is 0.480 e. The zero-order valence-corrected chi connectivity index (χ0v) is 19.0. The Balaban J connectivity index is 2.97. The van der Waals surface area contributed by atoms with Crippen molar-refractivity contribution in [3.8, 4) is 0 Å². The van der Waals surface area contributed by atoms with Crippen LogP contribution >= 0.6 is 0 Å². The molecule has 0 saturated carbocycles. The Morgan fingerprint density at radius 2 is 1.59 bits per heavy atom. The van der Waals surface area contributed by atoms with Gasteiger partial charge >= 0.3 is 5.97 Å². The van der Waals surface area contributed by atoms with Crippen molar-refractivity contribution >= 4 is 35.5 Å². The summed E-state index contributed by atoms with van der Waals surface area (Å²) in [5.41, 5.74) is 21.5. The Morgan fingerprint density at radius 1 is 0.941 bits per heavy atom. The van der Waals surface area contributed by atoms with E-state index in [0.29, 0.717) is 32.2 Å². The normalized spacial score (nSPS) is 17.9. The summed E-state index contributed by atoms with van der Waals surface area (Å²) >= 11 is 0. The maximum Gasteiger partial charge on any atom is 0.326 e. The number of unbranched alkanes of at least 4 members (excludes halogenated alkanes) is 1. The van der Waals surface area contributed by atoms with Crippen LogP contribution in [0, 0.1) is 0 Å². The van der Waals surface area contributed by atoms with Gasteiger partial charge in [-0.1, -0.05) is 0 Å². The van der Waals surface area contributed by atoms with E-state index in [0.717, 1.165) is 0 Å². The van der Waals surface area contributed by atoms with Crippen LogP contribution < -0.4 is 33.6 Å². The van der Waals surface area contributed by atoms with Crippen molar-refractivity contribution in [3.05, 3.63) is 0 Å².